The van der Waals surface area contributed by atoms with Gasteiger partial charge in [0, 0.05) is 11.8 Å². The molecule has 0 radical (unpaired) electrons. The van der Waals surface area contributed by atoms with Gasteiger partial charge in [0.1, 0.15) is 12.1 Å². The Morgan fingerprint density at radius 2 is 1.83 bits per heavy atom. The summed E-state index contributed by atoms with van der Waals surface area (Å²) in [6.07, 6.45) is -2.93. The summed E-state index contributed by atoms with van der Waals surface area (Å²) in [6, 6.07) is 8.60. The summed E-state index contributed by atoms with van der Waals surface area (Å²) >= 11 is 5.47. The third-order valence-corrected chi connectivity index (χ3v) is 6.78. The third kappa shape index (κ3) is 4.32. The van der Waals surface area contributed by atoms with E-state index in [1.54, 1.807) is 19.9 Å². The van der Waals surface area contributed by atoms with Crippen LogP contribution in [0.3, 0.4) is 0 Å². The van der Waals surface area contributed by atoms with Gasteiger partial charge in [0.05, 0.1) is 28.4 Å². The minimum atomic E-state index is -4.80. The van der Waals surface area contributed by atoms with Crippen molar-refractivity contribution >= 4 is 34.6 Å². The molecular weight excluding hydrogens is 484 g/mol. The number of rotatable bonds is 6. The first-order chi connectivity index (χ1) is 16.3. The fourth-order valence-electron chi connectivity index (χ4n) is 4.04. The van der Waals surface area contributed by atoms with Crippen LogP contribution in [0, 0.1) is 17.1 Å². The maximum atomic E-state index is 14.9. The van der Waals surface area contributed by atoms with Gasteiger partial charge in [-0.3, -0.25) is 9.69 Å². The van der Waals surface area contributed by atoms with Crippen molar-refractivity contribution in [2.24, 2.45) is 0 Å². The second kappa shape index (κ2) is 8.46. The van der Waals surface area contributed by atoms with Crippen molar-refractivity contribution in [1.82, 2.24) is 5.32 Å². The Bertz CT molecular complexity index is 1250. The van der Waals surface area contributed by atoms with Crippen LogP contribution in [0.25, 0.3) is 0 Å². The Labute approximate surface area is 205 Å². The molecule has 0 unspecified atom stereocenters. The summed E-state index contributed by atoms with van der Waals surface area (Å²) in [7, 11) is 1.82. The first kappa shape index (κ1) is 24.9. The number of benzene rings is 2. The van der Waals surface area contributed by atoms with E-state index in [4.69, 9.17) is 22.2 Å². The maximum Gasteiger partial charge on any atom is 0.417 e. The molecule has 1 saturated carbocycles. The number of nitrogens with one attached hydrogen (secondary N) is 1. The Kier molecular flexibility index (Phi) is 6.02. The van der Waals surface area contributed by atoms with Crippen molar-refractivity contribution in [3.63, 3.8) is 0 Å². The standard InChI is InChI=1S/C24H22F4N4O2S/c1-22(2)20(33)31(15-5-4-14(12-29)17(10-15)24(26,27)28)21(35)32(22)16-6-7-19(18(25)11-16)34-13-23(30-3)8-9-23/h4-7,10-11,30H,8-9,13H2,1-3H3. The zero-order valence-electron chi connectivity index (χ0n) is 19.2. The molecule has 2 fully saturated rings. The molecule has 11 heteroatoms. The smallest absolute Gasteiger partial charge is 0.417 e. The van der Waals surface area contributed by atoms with E-state index in [-0.39, 0.29) is 27.8 Å². The lowest BCUT2D eigenvalue weighted by Crippen LogP contribution is -2.44. The van der Waals surface area contributed by atoms with Crippen molar-refractivity contribution in [1.29, 1.82) is 5.26 Å². The number of ether oxygens (including phenoxy) is 1. The molecule has 4 rings (SSSR count). The molecule has 2 aromatic carbocycles. The number of hydrogen-bond donors (Lipinski definition) is 1. The number of halogens is 4. The van der Waals surface area contributed by atoms with Gasteiger partial charge in [-0.05, 0) is 76.3 Å². The van der Waals surface area contributed by atoms with E-state index in [1.807, 2.05) is 7.05 Å². The molecule has 2 aliphatic rings. The van der Waals surface area contributed by atoms with E-state index in [9.17, 15) is 22.4 Å². The van der Waals surface area contributed by atoms with Gasteiger partial charge in [0.15, 0.2) is 16.7 Å². The molecule has 1 aliphatic carbocycles. The van der Waals surface area contributed by atoms with Crippen LogP contribution in [0.5, 0.6) is 5.75 Å². The van der Waals surface area contributed by atoms with Crippen LogP contribution in [0.1, 0.15) is 37.8 Å². The number of nitrogens with zero attached hydrogens (tertiary/aromatic N) is 3. The van der Waals surface area contributed by atoms with Crippen molar-refractivity contribution in [3.8, 4) is 11.8 Å². The van der Waals surface area contributed by atoms with Gasteiger partial charge in [-0.25, -0.2) is 4.39 Å². The van der Waals surface area contributed by atoms with Gasteiger partial charge in [-0.1, -0.05) is 0 Å². The minimum absolute atomic E-state index is 0.0447. The predicted octanol–water partition coefficient (Wildman–Crippen LogP) is 4.76. The van der Waals surface area contributed by atoms with Crippen molar-refractivity contribution in [2.75, 3.05) is 23.5 Å². The van der Waals surface area contributed by atoms with Crippen LogP contribution in [-0.2, 0) is 11.0 Å². The monoisotopic (exact) mass is 506 g/mol. The Hall–Kier alpha value is -3.23. The highest BCUT2D eigenvalue weighted by Crippen LogP contribution is 2.41. The van der Waals surface area contributed by atoms with Crippen molar-refractivity contribution in [3.05, 3.63) is 53.3 Å². The summed E-state index contributed by atoms with van der Waals surface area (Å²) in [4.78, 5) is 15.6. The lowest BCUT2D eigenvalue weighted by atomic mass is 10.0. The van der Waals surface area contributed by atoms with Gasteiger partial charge in [-0.15, -0.1) is 0 Å². The van der Waals surface area contributed by atoms with Gasteiger partial charge in [0.2, 0.25) is 0 Å². The highest BCUT2D eigenvalue weighted by Gasteiger charge is 2.51. The molecular formula is C24H22F4N4O2S. The molecule has 2 aromatic rings. The molecule has 1 N–H and O–H groups in total. The zero-order chi connectivity index (χ0) is 25.8. The summed E-state index contributed by atoms with van der Waals surface area (Å²) in [6.45, 7) is 3.39. The molecule has 35 heavy (non-hydrogen) atoms. The van der Waals surface area contributed by atoms with Crippen LogP contribution in [0.15, 0.2) is 36.4 Å². The number of carbonyl (C=O) groups excluding carboxylic acids is 1. The molecule has 0 bridgehead atoms. The Balaban J connectivity index is 1.66. The molecule has 1 heterocycles. The van der Waals surface area contributed by atoms with Crippen molar-refractivity contribution < 1.29 is 27.1 Å². The van der Waals surface area contributed by atoms with E-state index in [2.05, 4.69) is 5.32 Å². The molecule has 6 nitrogen and oxygen atoms in total. The van der Waals surface area contributed by atoms with Crippen LogP contribution in [0.2, 0.25) is 0 Å². The van der Waals surface area contributed by atoms with Crippen LogP contribution >= 0.6 is 12.2 Å². The Morgan fingerprint density at radius 1 is 1.17 bits per heavy atom. The second-order valence-corrected chi connectivity index (χ2v) is 9.46. The summed E-state index contributed by atoms with van der Waals surface area (Å²) < 4.78 is 61.0. The van der Waals surface area contributed by atoms with E-state index in [1.165, 1.54) is 29.2 Å². The maximum absolute atomic E-state index is 14.9. The average Bonchev–Trinajstić information content (AvgIpc) is 3.55. The number of amides is 1. The van der Waals surface area contributed by atoms with Crippen LogP contribution < -0.4 is 19.9 Å². The first-order valence-corrected chi connectivity index (χ1v) is 11.2. The number of thiocarbonyl (C=S) groups is 1. The molecule has 1 aliphatic heterocycles. The van der Waals surface area contributed by atoms with Crippen LogP contribution in [0.4, 0.5) is 28.9 Å². The SMILES string of the molecule is CNC1(COc2ccc(N3C(=S)N(c4ccc(C#N)c(C(F)(F)F)c4)C(=O)C3(C)C)cc2F)CC1. The van der Waals surface area contributed by atoms with Gasteiger partial charge < -0.3 is 15.0 Å². The molecule has 0 aromatic heterocycles. The molecule has 1 saturated heterocycles. The third-order valence-electron chi connectivity index (χ3n) is 6.42. The van der Waals surface area contributed by atoms with E-state index >= 15 is 0 Å². The highest BCUT2D eigenvalue weighted by molar-refractivity contribution is 7.81. The molecule has 1 amide bonds. The number of anilines is 2. The van der Waals surface area contributed by atoms with Crippen LogP contribution in [-0.4, -0.2) is 35.8 Å². The van der Waals surface area contributed by atoms with Gasteiger partial charge in [-0.2, -0.15) is 18.4 Å². The van der Waals surface area contributed by atoms with Gasteiger partial charge >= 0.3 is 6.18 Å². The largest absolute Gasteiger partial charge is 0.489 e. The molecule has 0 spiro atoms. The highest BCUT2D eigenvalue weighted by atomic mass is 32.1. The average molecular weight is 507 g/mol. The number of carbonyl (C=O) groups is 1. The normalized spacial score (nSPS) is 18.6. The fraction of sp³-hybridized carbons (Fsp3) is 0.375. The lowest BCUT2D eigenvalue weighted by molar-refractivity contribution is -0.137. The fourth-order valence-corrected chi connectivity index (χ4v) is 4.56. The van der Waals surface area contributed by atoms with E-state index in [0.717, 1.165) is 29.9 Å². The van der Waals surface area contributed by atoms with E-state index < -0.39 is 34.6 Å². The number of hydrogen-bond acceptors (Lipinski definition) is 5. The topological polar surface area (TPSA) is 68.6 Å². The van der Waals surface area contributed by atoms with Gasteiger partial charge in [0.25, 0.3) is 5.91 Å². The number of nitriles is 1. The Morgan fingerprint density at radius 3 is 2.37 bits per heavy atom. The summed E-state index contributed by atoms with van der Waals surface area (Å²) in [5.41, 5.74) is -3.09. The predicted molar refractivity (Wildman–Crippen MR) is 126 cm³/mol. The second-order valence-electron chi connectivity index (χ2n) is 9.09. The summed E-state index contributed by atoms with van der Waals surface area (Å²) in [5.74, 6) is -1.20. The molecule has 184 valence electrons. The molecule has 0 atom stereocenters. The number of alkyl halides is 3. The van der Waals surface area contributed by atoms with Crippen molar-refractivity contribution in [2.45, 2.75) is 43.9 Å². The quantitative estimate of drug-likeness (QED) is 0.450. The minimum Gasteiger partial charge on any atom is -0.489 e. The van der Waals surface area contributed by atoms with E-state index in [0.29, 0.717) is 6.61 Å². The lowest BCUT2D eigenvalue weighted by Gasteiger charge is -2.29. The first-order valence-electron chi connectivity index (χ1n) is 10.8. The number of likely N-dealkylation sites (N-methyl/N-ethyl adjacent to an activating group) is 1. The summed E-state index contributed by atoms with van der Waals surface area (Å²) in [5, 5.41) is 12.1. The zero-order valence-corrected chi connectivity index (χ0v) is 20.0.